The summed E-state index contributed by atoms with van der Waals surface area (Å²) in [7, 11) is 0. The minimum absolute atomic E-state index is 0. The number of nitrogens with zero attached hydrogens (tertiary/aromatic N) is 4. The van der Waals surface area contributed by atoms with Gasteiger partial charge in [0.2, 0.25) is 0 Å². The second kappa shape index (κ2) is 20.1. The second-order valence-corrected chi connectivity index (χ2v) is 17.4. The summed E-state index contributed by atoms with van der Waals surface area (Å²) in [6.45, 7) is 0. The predicted octanol–water partition coefficient (Wildman–Crippen LogP) is 16.9. The minimum atomic E-state index is 0. The van der Waals surface area contributed by atoms with Gasteiger partial charge in [0.15, 0.2) is 11.6 Å². The van der Waals surface area contributed by atoms with E-state index in [2.05, 4.69) is 237 Å². The summed E-state index contributed by atoms with van der Waals surface area (Å²) < 4.78 is 0. The van der Waals surface area contributed by atoms with Gasteiger partial charge in [-0.2, -0.15) is 0 Å². The number of rotatable bonds is 10. The van der Waals surface area contributed by atoms with E-state index in [1.165, 1.54) is 0 Å². The first-order valence-corrected chi connectivity index (χ1v) is 23.5. The molecule has 0 saturated heterocycles. The Balaban J connectivity index is 0.00000547. The van der Waals surface area contributed by atoms with Gasteiger partial charge in [0, 0.05) is 37.4 Å². The molecule has 71 heavy (non-hydrogen) atoms. The van der Waals surface area contributed by atoms with Crippen molar-refractivity contribution in [1.82, 2.24) is 19.9 Å². The molecule has 4 nitrogen and oxygen atoms in total. The van der Waals surface area contributed by atoms with Crippen LogP contribution in [0.5, 0.6) is 0 Å². The quantitative estimate of drug-likeness (QED) is 0.128. The number of aromatic nitrogens is 4. The fourth-order valence-corrected chi connectivity index (χ4v) is 9.29. The Kier molecular flexibility index (Phi) is 12.7. The molecule has 1 radical (unpaired) electrons. The van der Waals surface area contributed by atoms with Crippen LogP contribution >= 0.6 is 0 Å². The van der Waals surface area contributed by atoms with E-state index >= 15 is 0 Å². The van der Waals surface area contributed by atoms with E-state index in [1.807, 2.05) is 30.5 Å². The van der Waals surface area contributed by atoms with Crippen molar-refractivity contribution in [1.29, 1.82) is 0 Å². The average molecular weight is 1080 g/mol. The van der Waals surface area contributed by atoms with Gasteiger partial charge in [0.1, 0.15) is 5.82 Å². The molecule has 0 bridgehead atoms. The van der Waals surface area contributed by atoms with Crippen LogP contribution in [0.15, 0.2) is 261 Å². The van der Waals surface area contributed by atoms with Crippen molar-refractivity contribution in [3.05, 3.63) is 267 Å². The van der Waals surface area contributed by atoms with E-state index in [1.54, 1.807) is 0 Å². The first-order valence-electron chi connectivity index (χ1n) is 23.5. The Labute approximate surface area is 427 Å². The van der Waals surface area contributed by atoms with E-state index in [-0.39, 0.29) is 20.1 Å². The van der Waals surface area contributed by atoms with Crippen LogP contribution in [0.2, 0.25) is 0 Å². The third-order valence-corrected chi connectivity index (χ3v) is 12.8. The first kappa shape index (κ1) is 44.8. The summed E-state index contributed by atoms with van der Waals surface area (Å²) in [5.41, 5.74) is 17.9. The first-order chi connectivity index (χ1) is 34.6. The molecule has 0 atom stereocenters. The topological polar surface area (TPSA) is 51.6 Å². The van der Waals surface area contributed by atoms with Crippen LogP contribution in [0.1, 0.15) is 0 Å². The third-order valence-electron chi connectivity index (χ3n) is 12.8. The molecule has 337 valence electrons. The Morgan fingerprint density at radius 2 is 0.606 bits per heavy atom. The zero-order valence-electron chi connectivity index (χ0n) is 38.4. The Morgan fingerprint density at radius 1 is 0.268 bits per heavy atom. The van der Waals surface area contributed by atoms with Crippen molar-refractivity contribution < 1.29 is 20.1 Å². The van der Waals surface area contributed by atoms with Crippen LogP contribution in [0, 0.1) is 6.07 Å². The largest absolute Gasteiger partial charge is 0.304 e. The molecule has 12 rings (SSSR count). The predicted molar refractivity (Wildman–Crippen MR) is 288 cm³/mol. The van der Waals surface area contributed by atoms with Crippen molar-refractivity contribution in [2.45, 2.75) is 0 Å². The Hall–Kier alpha value is -8.73. The van der Waals surface area contributed by atoms with Gasteiger partial charge in [0.05, 0.1) is 0 Å². The van der Waals surface area contributed by atoms with Crippen LogP contribution in [-0.4, -0.2) is 19.9 Å². The normalized spacial score (nSPS) is 11.0. The molecule has 0 saturated carbocycles. The molecule has 12 aromatic rings. The molecule has 2 heterocycles. The van der Waals surface area contributed by atoms with Gasteiger partial charge in [-0.3, -0.25) is 0 Å². The van der Waals surface area contributed by atoms with E-state index in [9.17, 15) is 0 Å². The molecule has 0 amide bonds. The van der Waals surface area contributed by atoms with Gasteiger partial charge >= 0.3 is 0 Å². The second-order valence-electron chi connectivity index (χ2n) is 17.4. The van der Waals surface area contributed by atoms with E-state index in [4.69, 9.17) is 19.9 Å². The van der Waals surface area contributed by atoms with Gasteiger partial charge in [-0.1, -0.05) is 188 Å². The smallest absolute Gasteiger partial charge is 0.164 e. The fourth-order valence-electron chi connectivity index (χ4n) is 9.29. The molecule has 0 N–H and O–H groups in total. The van der Waals surface area contributed by atoms with Crippen LogP contribution < -0.4 is 0 Å². The maximum atomic E-state index is 5.31. The van der Waals surface area contributed by atoms with Gasteiger partial charge < -0.3 is 4.98 Å². The van der Waals surface area contributed by atoms with E-state index in [0.29, 0.717) is 17.5 Å². The zero-order chi connectivity index (χ0) is 46.6. The van der Waals surface area contributed by atoms with Crippen LogP contribution in [0.3, 0.4) is 0 Å². The molecule has 0 aliphatic heterocycles. The van der Waals surface area contributed by atoms with Gasteiger partial charge in [-0.25, -0.2) is 15.0 Å². The van der Waals surface area contributed by atoms with Crippen molar-refractivity contribution >= 4 is 10.8 Å². The summed E-state index contributed by atoms with van der Waals surface area (Å²) in [6.07, 6.45) is 1.86. The van der Waals surface area contributed by atoms with Crippen LogP contribution in [0.25, 0.3) is 123 Å². The van der Waals surface area contributed by atoms with E-state index < -0.39 is 0 Å². The molecular formula is C66H43IrN4-. The monoisotopic (exact) mass is 1080 g/mol. The molecule has 0 fully saturated rings. The van der Waals surface area contributed by atoms with Crippen LogP contribution in [-0.2, 0) is 20.1 Å². The summed E-state index contributed by atoms with van der Waals surface area (Å²) in [5, 5.41) is 2.17. The Morgan fingerprint density at radius 3 is 1.04 bits per heavy atom. The summed E-state index contributed by atoms with van der Waals surface area (Å²) in [4.78, 5) is 20.7. The van der Waals surface area contributed by atoms with Crippen molar-refractivity contribution in [3.8, 4) is 112 Å². The van der Waals surface area contributed by atoms with Gasteiger partial charge in [-0.05, 0) is 138 Å². The number of pyridine rings is 1. The van der Waals surface area contributed by atoms with Crippen LogP contribution in [0.4, 0.5) is 0 Å². The molecule has 0 aliphatic rings. The number of fused-ring (bicyclic) bond motifs is 1. The summed E-state index contributed by atoms with van der Waals surface area (Å²) in [6, 6.07) is 92.9. The molecular weight excluding hydrogens is 1040 g/mol. The SMILES string of the molecule is [Ir].[c-]1ccc(-c2nc(-c3cccc(-c4cc(-c5ccccc5)cc(-c5ccccc5)c4)c3)nc(-c3cccc(-c4cc(-c5ccccc5)cc(-c5ccccc5)c4)c3)n2)cc1-c1nccc2ccccc12. The number of hydrogen-bond donors (Lipinski definition) is 0. The molecule has 0 aliphatic carbocycles. The fraction of sp³-hybridized carbons (Fsp3) is 0. The van der Waals surface area contributed by atoms with Crippen molar-refractivity contribution in [2.75, 3.05) is 0 Å². The summed E-state index contributed by atoms with van der Waals surface area (Å²) >= 11 is 0. The molecule has 10 aromatic carbocycles. The van der Waals surface area contributed by atoms with Gasteiger partial charge in [0.25, 0.3) is 0 Å². The molecule has 2 aromatic heterocycles. The average Bonchev–Trinajstić information content (AvgIpc) is 3.45. The van der Waals surface area contributed by atoms with Crippen molar-refractivity contribution in [3.63, 3.8) is 0 Å². The zero-order valence-corrected chi connectivity index (χ0v) is 40.8. The minimum Gasteiger partial charge on any atom is -0.304 e. The summed E-state index contributed by atoms with van der Waals surface area (Å²) in [5.74, 6) is 1.70. The third kappa shape index (κ3) is 9.53. The maximum Gasteiger partial charge on any atom is 0.164 e. The van der Waals surface area contributed by atoms with E-state index in [0.717, 1.165) is 105 Å². The number of benzene rings is 10. The number of hydrogen-bond acceptors (Lipinski definition) is 4. The van der Waals surface area contributed by atoms with Gasteiger partial charge in [-0.15, -0.1) is 29.8 Å². The standard InChI is InChI=1S/C66H43N4.Ir/c1-5-18-45(19-6-1)56-39-57(46-20-7-2-8-21-46)42-60(41-56)50-27-15-30-53(36-50)64-68-65(70-66(69-64)55-32-17-29-52(38-55)63-62-33-14-13-26-49(62)34-35-67-63)54-31-16-28-51(37-54)61-43-58(47-22-9-3-10-23-47)40-59(44-61)48-24-11-4-12-25-48;/h1-28,30-44H;/q-1;. The molecule has 5 heteroatoms. The molecule has 0 unspecified atom stereocenters. The Bertz CT molecular complexity index is 3510. The molecule has 0 spiro atoms. The maximum absolute atomic E-state index is 5.31. The van der Waals surface area contributed by atoms with Crippen molar-refractivity contribution in [2.24, 2.45) is 0 Å².